The molecule has 0 spiro atoms. The smallest absolute Gasteiger partial charge is 0.166 e. The molecule has 0 radical (unpaired) electrons. The van der Waals surface area contributed by atoms with Gasteiger partial charge >= 0.3 is 0 Å². The molecule has 0 unspecified atom stereocenters. The lowest BCUT2D eigenvalue weighted by atomic mass is 10.1. The second-order valence-corrected chi connectivity index (χ2v) is 5.30. The molecule has 2 N–H and O–H groups in total. The van der Waals surface area contributed by atoms with Crippen molar-refractivity contribution < 1.29 is 0 Å². The van der Waals surface area contributed by atoms with Gasteiger partial charge < -0.3 is 10.6 Å². The lowest BCUT2D eigenvalue weighted by molar-refractivity contribution is 0.772. The minimum absolute atomic E-state index is 0.544. The molecular weight excluding hydrogens is 294 g/mol. The Morgan fingerprint density at radius 2 is 1.82 bits per heavy atom. The van der Waals surface area contributed by atoms with E-state index in [-0.39, 0.29) is 0 Å². The van der Waals surface area contributed by atoms with Gasteiger partial charge in [-0.05, 0) is 36.3 Å². The summed E-state index contributed by atoms with van der Waals surface area (Å²) in [7, 11) is 0. The molecule has 6 heteroatoms. The van der Waals surface area contributed by atoms with Gasteiger partial charge in [-0.3, -0.25) is 4.40 Å². The molecule has 3 rings (SSSR count). The van der Waals surface area contributed by atoms with Crippen LogP contribution in [0.25, 0.3) is 5.65 Å². The van der Waals surface area contributed by atoms with Gasteiger partial charge in [0.05, 0.1) is 6.54 Å². The highest BCUT2D eigenvalue weighted by molar-refractivity contribution is 7.80. The fourth-order valence-corrected chi connectivity index (χ4v) is 2.37. The van der Waals surface area contributed by atoms with E-state index in [2.05, 4.69) is 33.0 Å². The molecule has 0 saturated heterocycles. The molecule has 5 nitrogen and oxygen atoms in total. The van der Waals surface area contributed by atoms with Crippen LogP contribution in [0.15, 0.2) is 54.7 Å². The van der Waals surface area contributed by atoms with Gasteiger partial charge in [-0.25, -0.2) is 0 Å². The van der Waals surface area contributed by atoms with E-state index in [1.54, 1.807) is 0 Å². The van der Waals surface area contributed by atoms with Gasteiger partial charge in [0.1, 0.15) is 0 Å². The average molecular weight is 311 g/mol. The van der Waals surface area contributed by atoms with E-state index in [1.165, 1.54) is 5.56 Å². The van der Waals surface area contributed by atoms with Crippen LogP contribution in [0.1, 0.15) is 11.4 Å². The number of nitrogens with one attached hydrogen (secondary N) is 2. The van der Waals surface area contributed by atoms with E-state index in [9.17, 15) is 0 Å². The third kappa shape index (κ3) is 3.59. The number of hydrogen-bond acceptors (Lipinski definition) is 3. The second-order valence-electron chi connectivity index (χ2n) is 4.89. The minimum Gasteiger partial charge on any atom is -0.362 e. The maximum Gasteiger partial charge on any atom is 0.166 e. The van der Waals surface area contributed by atoms with Crippen molar-refractivity contribution in [3.05, 3.63) is 66.1 Å². The molecule has 112 valence electrons. The number of fused-ring (bicyclic) bond motifs is 1. The van der Waals surface area contributed by atoms with Crippen molar-refractivity contribution >= 4 is 23.0 Å². The lowest BCUT2D eigenvalue weighted by Crippen LogP contribution is -2.36. The number of benzene rings is 1. The molecular formula is C16H17N5S. The number of hydrogen-bond donors (Lipinski definition) is 2. The Labute approximate surface area is 134 Å². The fourth-order valence-electron chi connectivity index (χ4n) is 2.20. The van der Waals surface area contributed by atoms with Crippen molar-refractivity contribution in [3.63, 3.8) is 0 Å². The van der Waals surface area contributed by atoms with Crippen molar-refractivity contribution in [2.75, 3.05) is 6.54 Å². The minimum atomic E-state index is 0.544. The predicted molar refractivity (Wildman–Crippen MR) is 90.6 cm³/mol. The van der Waals surface area contributed by atoms with E-state index < -0.39 is 0 Å². The molecule has 0 saturated carbocycles. The highest BCUT2D eigenvalue weighted by atomic mass is 32.1. The standard InChI is InChI=1S/C16H17N5S/c22-16(17-10-9-13-6-2-1-3-7-13)18-12-15-20-19-14-8-4-5-11-21(14)15/h1-8,11H,9-10,12H2,(H2,17,18,22). The summed E-state index contributed by atoms with van der Waals surface area (Å²) in [5.41, 5.74) is 2.13. The molecule has 1 aromatic carbocycles. The van der Waals surface area contributed by atoms with E-state index in [1.807, 2.05) is 47.0 Å². The maximum absolute atomic E-state index is 5.29. The van der Waals surface area contributed by atoms with E-state index in [0.29, 0.717) is 11.7 Å². The van der Waals surface area contributed by atoms with Crippen molar-refractivity contribution in [1.82, 2.24) is 25.2 Å². The zero-order chi connectivity index (χ0) is 15.2. The van der Waals surface area contributed by atoms with E-state index in [0.717, 1.165) is 24.4 Å². The molecule has 22 heavy (non-hydrogen) atoms. The molecule has 2 heterocycles. The maximum atomic E-state index is 5.29. The van der Waals surface area contributed by atoms with E-state index in [4.69, 9.17) is 12.2 Å². The van der Waals surface area contributed by atoms with Crippen LogP contribution in [0, 0.1) is 0 Å². The first-order chi connectivity index (χ1) is 10.8. The van der Waals surface area contributed by atoms with Crippen LogP contribution in [0.5, 0.6) is 0 Å². The van der Waals surface area contributed by atoms with Crippen LogP contribution >= 0.6 is 12.2 Å². The third-order valence-electron chi connectivity index (χ3n) is 3.33. The summed E-state index contributed by atoms with van der Waals surface area (Å²) in [6.07, 6.45) is 2.88. The van der Waals surface area contributed by atoms with Crippen molar-refractivity contribution in [1.29, 1.82) is 0 Å². The molecule has 0 bridgehead atoms. The van der Waals surface area contributed by atoms with Crippen LogP contribution in [-0.4, -0.2) is 26.3 Å². The summed E-state index contributed by atoms with van der Waals surface area (Å²) in [5, 5.41) is 15.3. The Hall–Kier alpha value is -2.47. The molecule has 0 aliphatic heterocycles. The van der Waals surface area contributed by atoms with Gasteiger partial charge in [-0.1, -0.05) is 36.4 Å². The third-order valence-corrected chi connectivity index (χ3v) is 3.62. The quantitative estimate of drug-likeness (QED) is 0.705. The molecule has 0 amide bonds. The Kier molecular flexibility index (Phi) is 4.60. The SMILES string of the molecule is S=C(NCCc1ccccc1)NCc1nnc2ccccn12. The summed E-state index contributed by atoms with van der Waals surface area (Å²) < 4.78 is 1.94. The predicted octanol–water partition coefficient (Wildman–Crippen LogP) is 1.94. The van der Waals surface area contributed by atoms with Crippen LogP contribution in [0.4, 0.5) is 0 Å². The number of nitrogens with zero attached hydrogens (tertiary/aromatic N) is 3. The Morgan fingerprint density at radius 3 is 2.68 bits per heavy atom. The normalized spacial score (nSPS) is 10.5. The van der Waals surface area contributed by atoms with Crippen molar-refractivity contribution in [2.24, 2.45) is 0 Å². The summed E-state index contributed by atoms with van der Waals surface area (Å²) in [5.74, 6) is 0.836. The van der Waals surface area contributed by atoms with Crippen LogP contribution in [-0.2, 0) is 13.0 Å². The van der Waals surface area contributed by atoms with Gasteiger partial charge in [0, 0.05) is 12.7 Å². The Bertz CT molecular complexity index is 753. The van der Waals surface area contributed by atoms with Crippen molar-refractivity contribution in [2.45, 2.75) is 13.0 Å². The van der Waals surface area contributed by atoms with Gasteiger partial charge in [-0.15, -0.1) is 10.2 Å². The number of aromatic nitrogens is 3. The van der Waals surface area contributed by atoms with Gasteiger partial charge in [0.15, 0.2) is 16.6 Å². The highest BCUT2D eigenvalue weighted by Gasteiger charge is 2.04. The molecule has 0 aliphatic rings. The Balaban J connectivity index is 1.46. The zero-order valence-electron chi connectivity index (χ0n) is 12.1. The molecule has 0 aliphatic carbocycles. The van der Waals surface area contributed by atoms with Gasteiger partial charge in [0.2, 0.25) is 0 Å². The number of rotatable bonds is 5. The van der Waals surface area contributed by atoms with Crippen LogP contribution in [0.3, 0.4) is 0 Å². The average Bonchev–Trinajstić information content (AvgIpc) is 2.97. The first kappa shape index (κ1) is 14.5. The first-order valence-corrected chi connectivity index (χ1v) is 7.58. The highest BCUT2D eigenvalue weighted by Crippen LogP contribution is 2.02. The van der Waals surface area contributed by atoms with Crippen LogP contribution in [0.2, 0.25) is 0 Å². The number of thiocarbonyl (C=S) groups is 1. The monoisotopic (exact) mass is 311 g/mol. The van der Waals surface area contributed by atoms with Crippen molar-refractivity contribution in [3.8, 4) is 0 Å². The van der Waals surface area contributed by atoms with E-state index >= 15 is 0 Å². The van der Waals surface area contributed by atoms with Crippen LogP contribution < -0.4 is 10.6 Å². The summed E-state index contributed by atoms with van der Waals surface area (Å²) in [6, 6.07) is 16.2. The zero-order valence-corrected chi connectivity index (χ0v) is 12.9. The fraction of sp³-hybridized carbons (Fsp3) is 0.188. The lowest BCUT2D eigenvalue weighted by Gasteiger charge is -2.09. The van der Waals surface area contributed by atoms with Gasteiger partial charge in [-0.2, -0.15) is 0 Å². The molecule has 0 atom stereocenters. The number of pyridine rings is 1. The first-order valence-electron chi connectivity index (χ1n) is 7.17. The summed E-state index contributed by atoms with van der Waals surface area (Å²) in [4.78, 5) is 0. The Morgan fingerprint density at radius 1 is 1.00 bits per heavy atom. The molecule has 2 aromatic heterocycles. The topological polar surface area (TPSA) is 54.2 Å². The molecule has 0 fully saturated rings. The summed E-state index contributed by atoms with van der Waals surface area (Å²) >= 11 is 5.29. The largest absolute Gasteiger partial charge is 0.362 e. The second kappa shape index (κ2) is 7.00. The summed E-state index contributed by atoms with van der Waals surface area (Å²) in [6.45, 7) is 1.35. The molecule has 3 aromatic rings. The van der Waals surface area contributed by atoms with Gasteiger partial charge in [0.25, 0.3) is 0 Å².